The van der Waals surface area contributed by atoms with Crippen LogP contribution in [0.15, 0.2) is 35.3 Å². The molecule has 7 heteroatoms. The first-order chi connectivity index (χ1) is 13.4. The van der Waals surface area contributed by atoms with E-state index >= 15 is 0 Å². The zero-order valence-corrected chi connectivity index (χ0v) is 16.8. The lowest BCUT2D eigenvalue weighted by Gasteiger charge is -2.26. The summed E-state index contributed by atoms with van der Waals surface area (Å²) in [6.07, 6.45) is -2.13. The molecule has 1 aromatic carbocycles. The number of halogens is 3. The number of hydrogen-bond donors (Lipinski definition) is 1. The van der Waals surface area contributed by atoms with Gasteiger partial charge in [-0.05, 0) is 37.8 Å². The van der Waals surface area contributed by atoms with Crippen LogP contribution in [0.4, 0.5) is 13.2 Å². The SMILES string of the molecule is CCN=C(NC1CC1c1ccccc1)N1CCC(CN(CC)CC(F)(F)F)C1. The van der Waals surface area contributed by atoms with E-state index in [-0.39, 0.29) is 5.92 Å². The van der Waals surface area contributed by atoms with Gasteiger partial charge >= 0.3 is 6.18 Å². The van der Waals surface area contributed by atoms with Gasteiger partial charge in [-0.15, -0.1) is 0 Å². The fourth-order valence-electron chi connectivity index (χ4n) is 4.07. The molecular formula is C21H31F3N4. The highest BCUT2D eigenvalue weighted by atomic mass is 19.4. The molecule has 1 saturated carbocycles. The molecule has 0 amide bonds. The number of alkyl halides is 3. The van der Waals surface area contributed by atoms with Crippen molar-refractivity contribution in [3.05, 3.63) is 35.9 Å². The summed E-state index contributed by atoms with van der Waals surface area (Å²) in [5, 5.41) is 3.59. The molecule has 3 atom stereocenters. The number of hydrogen-bond acceptors (Lipinski definition) is 2. The Morgan fingerprint density at radius 2 is 2.00 bits per heavy atom. The molecule has 1 saturated heterocycles. The summed E-state index contributed by atoms with van der Waals surface area (Å²) >= 11 is 0. The molecule has 3 unspecified atom stereocenters. The first-order valence-corrected chi connectivity index (χ1v) is 10.3. The van der Waals surface area contributed by atoms with E-state index in [9.17, 15) is 13.2 Å². The van der Waals surface area contributed by atoms with Gasteiger partial charge in [0.1, 0.15) is 0 Å². The highest BCUT2D eigenvalue weighted by Crippen LogP contribution is 2.40. The second-order valence-electron chi connectivity index (χ2n) is 7.85. The Kier molecular flexibility index (Phi) is 6.86. The summed E-state index contributed by atoms with van der Waals surface area (Å²) in [5.74, 6) is 1.67. The van der Waals surface area contributed by atoms with Crippen molar-refractivity contribution in [2.75, 3.05) is 39.3 Å². The number of aliphatic imine (C=N–C) groups is 1. The predicted molar refractivity (Wildman–Crippen MR) is 107 cm³/mol. The maximum atomic E-state index is 12.7. The minimum Gasteiger partial charge on any atom is -0.353 e. The predicted octanol–water partition coefficient (Wildman–Crippen LogP) is 3.71. The normalized spacial score (nSPS) is 25.4. The molecule has 0 bridgehead atoms. The van der Waals surface area contributed by atoms with Crippen LogP contribution in [0.2, 0.25) is 0 Å². The number of nitrogens with one attached hydrogen (secondary N) is 1. The zero-order chi connectivity index (χ0) is 20.1. The molecule has 1 aliphatic heterocycles. The van der Waals surface area contributed by atoms with E-state index in [4.69, 9.17) is 0 Å². The topological polar surface area (TPSA) is 30.9 Å². The van der Waals surface area contributed by atoms with Gasteiger partial charge in [-0.25, -0.2) is 0 Å². The summed E-state index contributed by atoms with van der Waals surface area (Å²) in [4.78, 5) is 8.37. The smallest absolute Gasteiger partial charge is 0.353 e. The molecule has 28 heavy (non-hydrogen) atoms. The van der Waals surface area contributed by atoms with Crippen molar-refractivity contribution < 1.29 is 13.2 Å². The van der Waals surface area contributed by atoms with Gasteiger partial charge < -0.3 is 10.2 Å². The molecule has 2 fully saturated rings. The van der Waals surface area contributed by atoms with E-state index in [2.05, 4.69) is 39.5 Å². The third kappa shape index (κ3) is 5.87. The molecule has 0 radical (unpaired) electrons. The first kappa shape index (κ1) is 21.0. The van der Waals surface area contributed by atoms with E-state index in [1.54, 1.807) is 6.92 Å². The summed E-state index contributed by atoms with van der Waals surface area (Å²) in [6.45, 7) is 6.20. The van der Waals surface area contributed by atoms with Gasteiger partial charge in [0.2, 0.25) is 0 Å². The van der Waals surface area contributed by atoms with Crippen molar-refractivity contribution >= 4 is 5.96 Å². The molecule has 0 spiro atoms. The Bertz CT molecular complexity index is 647. The molecular weight excluding hydrogens is 365 g/mol. The Balaban J connectivity index is 1.52. The molecule has 2 aliphatic rings. The minimum absolute atomic E-state index is 0.246. The maximum Gasteiger partial charge on any atom is 0.401 e. The number of benzene rings is 1. The monoisotopic (exact) mass is 396 g/mol. The van der Waals surface area contributed by atoms with Gasteiger partial charge in [0.15, 0.2) is 5.96 Å². The van der Waals surface area contributed by atoms with Crippen LogP contribution >= 0.6 is 0 Å². The second kappa shape index (κ2) is 9.16. The zero-order valence-electron chi connectivity index (χ0n) is 16.8. The van der Waals surface area contributed by atoms with Crippen LogP contribution in [0.5, 0.6) is 0 Å². The molecule has 1 aromatic rings. The summed E-state index contributed by atoms with van der Waals surface area (Å²) in [6, 6.07) is 10.9. The number of guanidine groups is 1. The van der Waals surface area contributed by atoms with Crippen molar-refractivity contribution in [1.29, 1.82) is 0 Å². The van der Waals surface area contributed by atoms with Crippen LogP contribution in [-0.2, 0) is 0 Å². The molecule has 1 N–H and O–H groups in total. The van der Waals surface area contributed by atoms with Crippen molar-refractivity contribution in [2.24, 2.45) is 10.9 Å². The lowest BCUT2D eigenvalue weighted by molar-refractivity contribution is -0.146. The van der Waals surface area contributed by atoms with Crippen LogP contribution in [0.3, 0.4) is 0 Å². The van der Waals surface area contributed by atoms with Gasteiger partial charge in [-0.3, -0.25) is 9.89 Å². The molecule has 156 valence electrons. The van der Waals surface area contributed by atoms with Gasteiger partial charge in [0.25, 0.3) is 0 Å². The van der Waals surface area contributed by atoms with Crippen LogP contribution in [0.25, 0.3) is 0 Å². The Morgan fingerprint density at radius 1 is 1.25 bits per heavy atom. The number of likely N-dealkylation sites (tertiary alicyclic amines) is 1. The molecule has 1 aliphatic carbocycles. The average Bonchev–Trinajstić information content (AvgIpc) is 3.27. The van der Waals surface area contributed by atoms with Gasteiger partial charge in [-0.2, -0.15) is 13.2 Å². The van der Waals surface area contributed by atoms with Crippen molar-refractivity contribution in [3.8, 4) is 0 Å². The Labute approximate surface area is 165 Å². The van der Waals surface area contributed by atoms with Gasteiger partial charge in [-0.1, -0.05) is 37.3 Å². The van der Waals surface area contributed by atoms with E-state index < -0.39 is 12.7 Å². The molecule has 4 nitrogen and oxygen atoms in total. The van der Waals surface area contributed by atoms with Gasteiger partial charge in [0, 0.05) is 38.1 Å². The average molecular weight is 397 g/mol. The van der Waals surface area contributed by atoms with Crippen LogP contribution in [0.1, 0.15) is 38.2 Å². The third-order valence-corrected chi connectivity index (χ3v) is 5.59. The molecule has 0 aromatic heterocycles. The van der Waals surface area contributed by atoms with Crippen LogP contribution in [0, 0.1) is 5.92 Å². The fourth-order valence-corrected chi connectivity index (χ4v) is 4.07. The summed E-state index contributed by atoms with van der Waals surface area (Å²) in [7, 11) is 0. The second-order valence-corrected chi connectivity index (χ2v) is 7.85. The Hall–Kier alpha value is -1.76. The lowest BCUT2D eigenvalue weighted by atomic mass is 10.1. The first-order valence-electron chi connectivity index (χ1n) is 10.3. The minimum atomic E-state index is -4.14. The highest BCUT2D eigenvalue weighted by molar-refractivity contribution is 5.81. The van der Waals surface area contributed by atoms with Crippen molar-refractivity contribution in [1.82, 2.24) is 15.1 Å². The van der Waals surface area contributed by atoms with Crippen molar-refractivity contribution in [2.45, 2.75) is 44.8 Å². The number of rotatable bonds is 7. The standard InChI is InChI=1S/C21H31F3N4/c1-3-25-20(26-19-12-18(19)17-8-6-5-7-9-17)28-11-10-16(14-28)13-27(4-2)15-21(22,23)24/h5-9,16,18-19H,3-4,10-15H2,1-2H3,(H,25,26). The Morgan fingerprint density at radius 3 is 2.64 bits per heavy atom. The number of nitrogens with zero attached hydrogens (tertiary/aromatic N) is 3. The van der Waals surface area contributed by atoms with E-state index in [1.807, 2.05) is 13.0 Å². The molecule has 3 rings (SSSR count). The fraction of sp³-hybridized carbons (Fsp3) is 0.667. The lowest BCUT2D eigenvalue weighted by Crippen LogP contribution is -2.43. The molecule has 1 heterocycles. The van der Waals surface area contributed by atoms with Crippen molar-refractivity contribution in [3.63, 3.8) is 0 Å². The third-order valence-electron chi connectivity index (χ3n) is 5.59. The summed E-state index contributed by atoms with van der Waals surface area (Å²) in [5.41, 5.74) is 1.35. The quantitative estimate of drug-likeness (QED) is 0.563. The van der Waals surface area contributed by atoms with E-state index in [1.165, 1.54) is 10.5 Å². The van der Waals surface area contributed by atoms with E-state index in [0.717, 1.165) is 31.9 Å². The highest BCUT2D eigenvalue weighted by Gasteiger charge is 2.40. The van der Waals surface area contributed by atoms with Crippen LogP contribution < -0.4 is 5.32 Å². The maximum absolute atomic E-state index is 12.7. The summed E-state index contributed by atoms with van der Waals surface area (Å²) < 4.78 is 38.2. The van der Waals surface area contributed by atoms with Gasteiger partial charge in [0.05, 0.1) is 6.54 Å². The largest absolute Gasteiger partial charge is 0.401 e. The van der Waals surface area contributed by atoms with E-state index in [0.29, 0.717) is 31.6 Å². The van der Waals surface area contributed by atoms with Crippen LogP contribution in [-0.4, -0.2) is 67.2 Å².